The van der Waals surface area contributed by atoms with Crippen LogP contribution in [0.25, 0.3) is 0 Å². The quantitative estimate of drug-likeness (QED) is 0.761. The van der Waals surface area contributed by atoms with Crippen LogP contribution < -0.4 is 0 Å². The van der Waals surface area contributed by atoms with E-state index >= 15 is 0 Å². The van der Waals surface area contributed by atoms with Gasteiger partial charge in [-0.1, -0.05) is 30.3 Å². The fourth-order valence-corrected chi connectivity index (χ4v) is 0.774. The second kappa shape index (κ2) is 8.52. The van der Waals surface area contributed by atoms with Crippen LogP contribution in [-0.2, 0) is 6.42 Å². The zero-order valence-electron chi connectivity index (χ0n) is 6.33. The monoisotopic (exact) mass is 225 g/mol. The lowest BCUT2D eigenvalue weighted by atomic mass is 10.2. The Balaban J connectivity index is 0.000000461. The van der Waals surface area contributed by atoms with E-state index in [2.05, 4.69) is 12.9 Å². The average Bonchev–Trinajstić information content (AvgIpc) is 2.11. The predicted molar refractivity (Wildman–Crippen MR) is 51.9 cm³/mol. The Bertz CT molecular complexity index is 167. The molecule has 55 valence electrons. The van der Waals surface area contributed by atoms with Gasteiger partial charge in [-0.2, -0.15) is 0 Å². The van der Waals surface area contributed by atoms with Gasteiger partial charge in [0.15, 0.2) is 0 Å². The van der Waals surface area contributed by atoms with Crippen LogP contribution in [0.5, 0.6) is 0 Å². The third kappa shape index (κ3) is 5.67. The highest BCUT2D eigenvalue weighted by Gasteiger charge is 2.13. The molecule has 0 heterocycles. The summed E-state index contributed by atoms with van der Waals surface area (Å²) >= 11 is 4.64. The van der Waals surface area contributed by atoms with Crippen molar-refractivity contribution in [2.45, 2.75) is 6.42 Å². The number of aliphatic hydroxyl groups is 1. The molecule has 0 aliphatic rings. The molecule has 11 heavy (non-hydrogen) atoms. The lowest BCUT2D eigenvalue weighted by Gasteiger charge is -1.93. The molecule has 1 nitrogen and oxygen atoms in total. The summed E-state index contributed by atoms with van der Waals surface area (Å²) in [6.07, 6.45) is 0.765. The summed E-state index contributed by atoms with van der Waals surface area (Å²) in [6, 6.07) is 9.95. The van der Waals surface area contributed by atoms with Gasteiger partial charge < -0.3 is 5.11 Å². The van der Waals surface area contributed by atoms with E-state index in [0.717, 1.165) is 6.42 Å². The minimum Gasteiger partial charge on any atom is -0.396 e. The molecule has 0 spiro atoms. The Morgan fingerprint density at radius 2 is 1.73 bits per heavy atom. The van der Waals surface area contributed by atoms with Crippen molar-refractivity contribution in [1.29, 1.82) is 0 Å². The van der Waals surface area contributed by atoms with E-state index in [0.29, 0.717) is 0 Å². The fraction of sp³-hybridized carbons (Fsp3) is 0.250. The van der Waals surface area contributed by atoms with Crippen molar-refractivity contribution in [3.05, 3.63) is 35.9 Å². The van der Waals surface area contributed by atoms with E-state index in [1.165, 1.54) is 5.56 Å². The van der Waals surface area contributed by atoms with Crippen LogP contribution in [0.4, 0.5) is 0 Å². The van der Waals surface area contributed by atoms with Gasteiger partial charge in [-0.05, 0) is 12.0 Å². The van der Waals surface area contributed by atoms with E-state index < -0.39 is 0 Å². The third-order valence-electron chi connectivity index (χ3n) is 1.24. The number of halogens is 1. The minimum absolute atomic E-state index is 0.240. The summed E-state index contributed by atoms with van der Waals surface area (Å²) in [5, 5.41) is 8.52. The largest absolute Gasteiger partial charge is 1.52 e. The Morgan fingerprint density at radius 1 is 1.18 bits per heavy atom. The maximum absolute atomic E-state index is 8.52. The zero-order valence-corrected chi connectivity index (χ0v) is 9.33. The summed E-state index contributed by atoms with van der Waals surface area (Å²) < 4.78 is 0. The molecule has 3 heteroatoms. The second-order valence-electron chi connectivity index (χ2n) is 1.96. The number of hydrogen-bond donors (Lipinski definition) is 1. The first kappa shape index (κ1) is 11.4. The first-order valence-electron chi connectivity index (χ1n) is 3.35. The topological polar surface area (TPSA) is 20.2 Å². The highest BCUT2D eigenvalue weighted by molar-refractivity contribution is 9.22. The first-order chi connectivity index (χ1) is 5.43. The molecule has 0 aromatic heterocycles. The average molecular weight is 226 g/mol. The van der Waals surface area contributed by atoms with Gasteiger partial charge in [0.1, 0.15) is 0 Å². The lowest BCUT2D eigenvalue weighted by molar-refractivity contribution is 0.299. The Morgan fingerprint density at radius 3 is 2.18 bits per heavy atom. The number of hydrogen-bond acceptors (Lipinski definition) is 1. The normalized spacial score (nSPS) is 8.27. The second-order valence-corrected chi connectivity index (χ2v) is 1.96. The lowest BCUT2D eigenvalue weighted by Crippen LogP contribution is -1.88. The van der Waals surface area contributed by atoms with E-state index in [-0.39, 0.29) is 6.61 Å². The molecule has 0 amide bonds. The number of rotatable bonds is 2. The van der Waals surface area contributed by atoms with Crippen LogP contribution in [0.2, 0.25) is 0 Å². The van der Waals surface area contributed by atoms with Crippen LogP contribution >= 0.6 is 12.9 Å². The summed E-state index contributed by atoms with van der Waals surface area (Å²) in [4.78, 5) is 0. The Labute approximate surface area is 86.1 Å². The maximum Gasteiger partial charge on any atom is 1.52 e. The Kier molecular flexibility index (Phi) is 8.85. The van der Waals surface area contributed by atoms with Crippen molar-refractivity contribution < 1.29 is 5.11 Å². The molecular weight excluding hydrogens is 216 g/mol. The van der Waals surface area contributed by atoms with Crippen LogP contribution in [0.1, 0.15) is 5.56 Å². The van der Waals surface area contributed by atoms with Crippen molar-refractivity contribution in [2.75, 3.05) is 6.61 Å². The third-order valence-corrected chi connectivity index (χ3v) is 1.24. The van der Waals surface area contributed by atoms with Crippen LogP contribution in [0, 0.1) is 0 Å². The van der Waals surface area contributed by atoms with E-state index in [9.17, 15) is 0 Å². The van der Waals surface area contributed by atoms with Gasteiger partial charge in [0.25, 0.3) is 0 Å². The van der Waals surface area contributed by atoms with E-state index in [1.54, 1.807) is 19.5 Å². The van der Waals surface area contributed by atoms with E-state index in [1.807, 2.05) is 30.3 Å². The SMILES string of the molecule is OCCc1ccccc1.[Mg+2][Br]. The van der Waals surface area contributed by atoms with Crippen LogP contribution in [-0.4, -0.2) is 31.3 Å². The summed E-state index contributed by atoms with van der Waals surface area (Å²) in [5.74, 6) is 0. The van der Waals surface area contributed by atoms with Crippen LogP contribution in [0.15, 0.2) is 30.3 Å². The number of aliphatic hydroxyl groups excluding tert-OH is 1. The van der Waals surface area contributed by atoms with Gasteiger partial charge in [-0.25, -0.2) is 0 Å². The molecule has 0 fully saturated rings. The molecule has 1 rings (SSSR count). The van der Waals surface area contributed by atoms with Gasteiger partial charge in [0.2, 0.25) is 0 Å². The van der Waals surface area contributed by atoms with Crippen molar-refractivity contribution in [2.24, 2.45) is 0 Å². The van der Waals surface area contributed by atoms with Gasteiger partial charge in [-0.15, -0.1) is 0 Å². The van der Waals surface area contributed by atoms with Crippen molar-refractivity contribution in [1.82, 2.24) is 0 Å². The molecule has 1 aromatic rings. The standard InChI is InChI=1S/C8H10O.BrH.Mg/c9-7-6-8-4-2-1-3-5-8;;/h1-5,9H,6-7H2;1H;/q;;+3/p-1. The molecule has 1 N–H and O–H groups in total. The summed E-state index contributed by atoms with van der Waals surface area (Å²) in [6.45, 7) is 0.240. The fourth-order valence-electron chi connectivity index (χ4n) is 0.774. The Hall–Kier alpha value is 0.426. The highest BCUT2D eigenvalue weighted by atomic mass is 79.9. The van der Waals surface area contributed by atoms with Crippen molar-refractivity contribution >= 4 is 32.4 Å². The van der Waals surface area contributed by atoms with E-state index in [4.69, 9.17) is 5.11 Å². The predicted octanol–water partition coefficient (Wildman–Crippen LogP) is 1.69. The molecule has 0 bridgehead atoms. The van der Waals surface area contributed by atoms with Gasteiger partial charge >= 0.3 is 32.4 Å². The minimum atomic E-state index is 0.240. The zero-order chi connectivity index (χ0) is 8.53. The molecule has 0 atom stereocenters. The number of benzene rings is 1. The summed E-state index contributed by atoms with van der Waals surface area (Å²) in [7, 11) is 0. The molecule has 0 aliphatic carbocycles. The molecule has 7 radical (unpaired) electrons. The van der Waals surface area contributed by atoms with Gasteiger partial charge in [-0.3, -0.25) is 0 Å². The van der Waals surface area contributed by atoms with Gasteiger partial charge in [0.05, 0.1) is 0 Å². The molecule has 0 saturated heterocycles. The smallest absolute Gasteiger partial charge is 0.396 e. The molecule has 0 unspecified atom stereocenters. The highest BCUT2D eigenvalue weighted by Crippen LogP contribution is 1.97. The first-order valence-corrected chi connectivity index (χ1v) is 7.25. The summed E-state index contributed by atoms with van der Waals surface area (Å²) in [5.41, 5.74) is 1.19. The molecule has 0 saturated carbocycles. The van der Waals surface area contributed by atoms with Crippen molar-refractivity contribution in [3.8, 4) is 0 Å². The van der Waals surface area contributed by atoms with Crippen LogP contribution in [0.3, 0.4) is 0 Å². The maximum atomic E-state index is 8.52. The molecular formula is C8H10BrMgO+2. The van der Waals surface area contributed by atoms with Crippen molar-refractivity contribution in [3.63, 3.8) is 0 Å². The molecule has 1 aromatic carbocycles. The van der Waals surface area contributed by atoms with Gasteiger partial charge in [0, 0.05) is 6.61 Å². The molecule has 0 aliphatic heterocycles.